The number of carbonyl (C=O) groups excluding carboxylic acids is 1. The second kappa shape index (κ2) is 9.63. The zero-order chi connectivity index (χ0) is 21.7. The van der Waals surface area contributed by atoms with Gasteiger partial charge in [-0.1, -0.05) is 22.8 Å². The molecule has 30 heavy (non-hydrogen) atoms. The monoisotopic (exact) mass is 430 g/mol. The van der Waals surface area contributed by atoms with Gasteiger partial charge in [-0.2, -0.15) is 4.98 Å². The molecule has 0 saturated heterocycles. The minimum atomic E-state index is -0.427. The van der Waals surface area contributed by atoms with E-state index in [1.54, 1.807) is 31.2 Å². The van der Waals surface area contributed by atoms with Gasteiger partial charge in [0.15, 0.2) is 6.61 Å². The number of aromatic nitrogens is 2. The third-order valence-electron chi connectivity index (χ3n) is 4.14. The van der Waals surface area contributed by atoms with E-state index in [2.05, 4.69) is 10.1 Å². The zero-order valence-corrected chi connectivity index (χ0v) is 18.0. The predicted octanol–water partition coefficient (Wildman–Crippen LogP) is 5.09. The van der Waals surface area contributed by atoms with E-state index in [1.165, 1.54) is 0 Å². The van der Waals surface area contributed by atoms with Crippen LogP contribution in [0, 0.1) is 6.92 Å². The van der Waals surface area contributed by atoms with Crippen molar-refractivity contribution in [2.24, 2.45) is 0 Å². The Morgan fingerprint density at radius 3 is 2.70 bits per heavy atom. The predicted molar refractivity (Wildman–Crippen MR) is 113 cm³/mol. The Kier molecular flexibility index (Phi) is 6.95. The third-order valence-corrected chi connectivity index (χ3v) is 4.44. The van der Waals surface area contributed by atoms with Crippen LogP contribution in [0.25, 0.3) is 22.8 Å². The lowest BCUT2D eigenvalue weighted by Gasteiger charge is -2.11. The quantitative estimate of drug-likeness (QED) is 0.460. The summed E-state index contributed by atoms with van der Waals surface area (Å²) in [4.78, 5) is 16.0. The van der Waals surface area contributed by atoms with Crippen LogP contribution in [-0.4, -0.2) is 35.4 Å². The molecule has 0 saturated carbocycles. The van der Waals surface area contributed by atoms with Crippen LogP contribution < -0.4 is 9.47 Å². The highest BCUT2D eigenvalue weighted by Crippen LogP contribution is 2.33. The van der Waals surface area contributed by atoms with Crippen molar-refractivity contribution >= 4 is 17.6 Å². The van der Waals surface area contributed by atoms with Crippen molar-refractivity contribution in [3.8, 4) is 34.3 Å². The number of carbonyl (C=O) groups is 1. The summed E-state index contributed by atoms with van der Waals surface area (Å²) in [6, 6.07) is 10.7. The Balaban J connectivity index is 1.82. The molecule has 0 fully saturated rings. The van der Waals surface area contributed by atoms with Crippen LogP contribution in [0.5, 0.6) is 11.5 Å². The number of ether oxygens (including phenoxy) is 3. The van der Waals surface area contributed by atoms with Gasteiger partial charge in [0.25, 0.3) is 5.89 Å². The van der Waals surface area contributed by atoms with E-state index in [4.69, 9.17) is 30.3 Å². The molecule has 0 aliphatic heterocycles. The molecule has 0 atom stereocenters. The van der Waals surface area contributed by atoms with Crippen LogP contribution in [0.1, 0.15) is 26.3 Å². The van der Waals surface area contributed by atoms with E-state index in [9.17, 15) is 4.79 Å². The highest BCUT2D eigenvalue weighted by molar-refractivity contribution is 6.32. The Morgan fingerprint density at radius 1 is 1.20 bits per heavy atom. The average molecular weight is 431 g/mol. The fourth-order valence-corrected chi connectivity index (χ4v) is 3.01. The van der Waals surface area contributed by atoms with Crippen LogP contribution >= 0.6 is 11.6 Å². The summed E-state index contributed by atoms with van der Waals surface area (Å²) >= 11 is 6.31. The summed E-state index contributed by atoms with van der Waals surface area (Å²) in [7, 11) is 0. The molecule has 1 heterocycles. The number of rotatable bonds is 8. The molecule has 0 radical (unpaired) electrons. The first-order valence-electron chi connectivity index (χ1n) is 9.57. The highest BCUT2D eigenvalue weighted by atomic mass is 35.5. The van der Waals surface area contributed by atoms with Crippen molar-refractivity contribution in [3.05, 3.63) is 47.0 Å². The summed E-state index contributed by atoms with van der Waals surface area (Å²) in [5.41, 5.74) is 2.19. The second-order valence-corrected chi connectivity index (χ2v) is 7.16. The standard InChI is InChI=1S/C22H23ClN2O5/c1-5-27-20(26)12-28-18-8-6-7-16(14(18)4)22-24-21(25-30-22)15-9-10-19(17(23)11-15)29-13(2)3/h6-11,13H,5,12H2,1-4H3. The van der Waals surface area contributed by atoms with E-state index < -0.39 is 5.97 Å². The first kappa shape index (κ1) is 21.6. The fraction of sp³-hybridized carbons (Fsp3) is 0.318. The molecular weight excluding hydrogens is 408 g/mol. The van der Waals surface area contributed by atoms with E-state index in [0.717, 1.165) is 5.56 Å². The maximum absolute atomic E-state index is 11.5. The lowest BCUT2D eigenvalue weighted by molar-refractivity contribution is -0.145. The highest BCUT2D eigenvalue weighted by Gasteiger charge is 2.17. The van der Waals surface area contributed by atoms with Gasteiger partial charge in [0.1, 0.15) is 11.5 Å². The van der Waals surface area contributed by atoms with Gasteiger partial charge < -0.3 is 18.7 Å². The molecule has 0 aliphatic carbocycles. The lowest BCUT2D eigenvalue weighted by Crippen LogP contribution is -2.15. The summed E-state index contributed by atoms with van der Waals surface area (Å²) < 4.78 is 21.6. The van der Waals surface area contributed by atoms with Crippen molar-refractivity contribution in [2.75, 3.05) is 13.2 Å². The van der Waals surface area contributed by atoms with Crippen LogP contribution in [0.4, 0.5) is 0 Å². The minimum Gasteiger partial charge on any atom is -0.489 e. The summed E-state index contributed by atoms with van der Waals surface area (Å²) in [5.74, 6) is 1.45. The smallest absolute Gasteiger partial charge is 0.344 e. The normalized spacial score (nSPS) is 10.9. The van der Waals surface area contributed by atoms with Crippen LogP contribution in [-0.2, 0) is 9.53 Å². The van der Waals surface area contributed by atoms with Crippen molar-refractivity contribution in [1.82, 2.24) is 10.1 Å². The van der Waals surface area contributed by atoms with E-state index in [-0.39, 0.29) is 12.7 Å². The molecule has 158 valence electrons. The van der Waals surface area contributed by atoms with Gasteiger partial charge >= 0.3 is 5.97 Å². The van der Waals surface area contributed by atoms with Crippen molar-refractivity contribution in [3.63, 3.8) is 0 Å². The van der Waals surface area contributed by atoms with Gasteiger partial charge in [0.2, 0.25) is 5.82 Å². The molecule has 0 unspecified atom stereocenters. The van der Waals surface area contributed by atoms with Crippen LogP contribution in [0.3, 0.4) is 0 Å². The number of halogens is 1. The molecule has 7 nitrogen and oxygen atoms in total. The van der Waals surface area contributed by atoms with Gasteiger partial charge in [0.05, 0.1) is 17.7 Å². The number of hydrogen-bond donors (Lipinski definition) is 0. The molecule has 8 heteroatoms. The number of esters is 1. The molecule has 0 bridgehead atoms. The minimum absolute atomic E-state index is 0.0198. The Morgan fingerprint density at radius 2 is 2.00 bits per heavy atom. The Hall–Kier alpha value is -3.06. The maximum atomic E-state index is 11.5. The third kappa shape index (κ3) is 5.10. The van der Waals surface area contributed by atoms with Crippen molar-refractivity contribution in [1.29, 1.82) is 0 Å². The molecule has 3 aromatic rings. The maximum Gasteiger partial charge on any atom is 0.344 e. The van der Waals surface area contributed by atoms with Gasteiger partial charge in [0, 0.05) is 16.7 Å². The Bertz CT molecular complexity index is 1030. The SMILES string of the molecule is CCOC(=O)COc1cccc(-c2nc(-c3ccc(OC(C)C)c(Cl)c3)no2)c1C. The number of nitrogens with zero attached hydrogens (tertiary/aromatic N) is 2. The molecule has 1 aromatic heterocycles. The van der Waals surface area contributed by atoms with Crippen LogP contribution in [0.15, 0.2) is 40.9 Å². The van der Waals surface area contributed by atoms with E-state index >= 15 is 0 Å². The summed E-state index contributed by atoms with van der Waals surface area (Å²) in [6.45, 7) is 7.60. The van der Waals surface area contributed by atoms with Gasteiger partial charge in [-0.25, -0.2) is 4.79 Å². The number of benzene rings is 2. The van der Waals surface area contributed by atoms with Gasteiger partial charge in [-0.3, -0.25) is 0 Å². The summed E-state index contributed by atoms with van der Waals surface area (Å²) in [5, 5.41) is 4.53. The molecule has 0 amide bonds. The first-order valence-corrected chi connectivity index (χ1v) is 9.95. The second-order valence-electron chi connectivity index (χ2n) is 6.76. The summed E-state index contributed by atoms with van der Waals surface area (Å²) in [6.07, 6.45) is 0.0198. The van der Waals surface area contributed by atoms with Crippen LogP contribution in [0.2, 0.25) is 5.02 Å². The average Bonchev–Trinajstić information content (AvgIpc) is 3.18. The lowest BCUT2D eigenvalue weighted by atomic mass is 10.1. The molecule has 0 aliphatic rings. The molecule has 0 spiro atoms. The van der Waals surface area contributed by atoms with Crippen molar-refractivity contribution < 1.29 is 23.5 Å². The topological polar surface area (TPSA) is 83.7 Å². The Labute approximate surface area is 179 Å². The van der Waals surface area contributed by atoms with Crippen molar-refractivity contribution in [2.45, 2.75) is 33.8 Å². The molecule has 2 aromatic carbocycles. The van der Waals surface area contributed by atoms with E-state index in [1.807, 2.05) is 32.9 Å². The van der Waals surface area contributed by atoms with Gasteiger partial charge in [-0.15, -0.1) is 0 Å². The number of hydrogen-bond acceptors (Lipinski definition) is 7. The molecule has 3 rings (SSSR count). The van der Waals surface area contributed by atoms with E-state index in [0.29, 0.717) is 46.0 Å². The fourth-order valence-electron chi connectivity index (χ4n) is 2.78. The molecular formula is C22H23ClN2O5. The molecule has 0 N–H and O–H groups in total. The largest absolute Gasteiger partial charge is 0.489 e. The first-order chi connectivity index (χ1) is 14.4. The van der Waals surface area contributed by atoms with Gasteiger partial charge in [-0.05, 0) is 58.0 Å². The zero-order valence-electron chi connectivity index (χ0n) is 17.3.